The monoisotopic (exact) mass is 710 g/mol. The van der Waals surface area contributed by atoms with Crippen molar-refractivity contribution in [2.24, 2.45) is 5.92 Å². The molecule has 0 nitrogen and oxygen atoms in total. The maximum Gasteiger partial charge on any atom is -1.00 e. The summed E-state index contributed by atoms with van der Waals surface area (Å²) < 4.78 is 1.37. The molecule has 2 atom stereocenters. The third kappa shape index (κ3) is 5.98. The van der Waals surface area contributed by atoms with E-state index in [4.69, 9.17) is 0 Å². The minimum atomic E-state index is -2.11. The maximum atomic E-state index is 2.69. The molecular formula is C40H42Cl2SiZr. The molecule has 4 aromatic rings. The number of fused-ring (bicyclic) bond motifs is 2. The van der Waals surface area contributed by atoms with E-state index >= 15 is 0 Å². The van der Waals surface area contributed by atoms with Crippen LogP contribution in [0.15, 0.2) is 102 Å². The number of hydrogen-bond acceptors (Lipinski definition) is 0. The molecule has 0 saturated heterocycles. The summed E-state index contributed by atoms with van der Waals surface area (Å²) in [6, 6.07) is 34.9. The molecule has 3 aliphatic rings. The normalized spacial score (nSPS) is 18.1. The van der Waals surface area contributed by atoms with Crippen LogP contribution in [0.3, 0.4) is 0 Å². The first-order valence-corrected chi connectivity index (χ1v) is 24.7. The summed E-state index contributed by atoms with van der Waals surface area (Å²) in [6.45, 7) is 14.7. The van der Waals surface area contributed by atoms with Gasteiger partial charge in [0.25, 0.3) is 0 Å². The molecule has 0 spiro atoms. The Kier molecular flexibility index (Phi) is 9.90. The largest absolute Gasteiger partial charge is 1.00 e. The second-order valence-corrected chi connectivity index (χ2v) is 31.8. The molecule has 0 aliphatic heterocycles. The van der Waals surface area contributed by atoms with Gasteiger partial charge >= 0.3 is 262 Å². The van der Waals surface area contributed by atoms with E-state index in [-0.39, 0.29) is 30.2 Å². The molecule has 0 N–H and O–H groups in total. The van der Waals surface area contributed by atoms with Crippen molar-refractivity contribution in [3.05, 3.63) is 130 Å². The summed E-state index contributed by atoms with van der Waals surface area (Å²) in [6.07, 6.45) is 8.01. The summed E-state index contributed by atoms with van der Waals surface area (Å²) in [5.74, 6) is 0.802. The molecule has 0 heterocycles. The summed E-state index contributed by atoms with van der Waals surface area (Å²) in [5, 5.41) is 0. The molecular weight excluding hydrogens is 671 g/mol. The van der Waals surface area contributed by atoms with Gasteiger partial charge in [-0.2, -0.15) is 0 Å². The number of hydrogen-bond donors (Lipinski definition) is 0. The van der Waals surface area contributed by atoms with E-state index in [0.29, 0.717) is 7.25 Å². The van der Waals surface area contributed by atoms with Gasteiger partial charge in [-0.3, -0.25) is 0 Å². The Labute approximate surface area is 285 Å². The second-order valence-electron chi connectivity index (χ2n) is 13.9. The maximum absolute atomic E-state index is 2.69. The smallest absolute Gasteiger partial charge is 1.00 e. The van der Waals surface area contributed by atoms with E-state index in [9.17, 15) is 0 Å². The van der Waals surface area contributed by atoms with Crippen molar-refractivity contribution in [1.29, 1.82) is 0 Å². The van der Waals surface area contributed by atoms with Gasteiger partial charge in [-0.1, -0.05) is 0 Å². The zero-order valence-electron chi connectivity index (χ0n) is 26.7. The third-order valence-corrected chi connectivity index (χ3v) is 29.4. The molecule has 0 amide bonds. The van der Waals surface area contributed by atoms with Crippen LogP contribution in [0.2, 0.25) is 13.1 Å². The standard InChI is InChI=1S/C22H23.C16H13.C2H6Si.2ClH.Zr/c1-22(2,3)19-11-9-16(10-12-19)20-6-4-5-17-13-18(14-21(17)20)15-7-8-15;1-12-10-14-8-5-9-15(16(14)11-12)13-6-3-2-4-7-13;1-3-2;;;/h4-6,9-15H,7-8H2,1-3H3;2-11H,1H3;1-2H3;2*1H;/q;;;;;+2/p-2. The molecule has 224 valence electrons. The van der Waals surface area contributed by atoms with Crippen molar-refractivity contribution >= 4 is 17.6 Å². The van der Waals surface area contributed by atoms with E-state index in [1.165, 1.54) is 51.8 Å². The van der Waals surface area contributed by atoms with Crippen LogP contribution in [0, 0.1) is 5.92 Å². The van der Waals surface area contributed by atoms with E-state index < -0.39 is 25.8 Å². The Morgan fingerprint density at radius 3 is 1.73 bits per heavy atom. The van der Waals surface area contributed by atoms with Gasteiger partial charge in [0.05, 0.1) is 0 Å². The van der Waals surface area contributed by atoms with Crippen LogP contribution in [0.5, 0.6) is 0 Å². The van der Waals surface area contributed by atoms with Gasteiger partial charge in [-0.15, -0.1) is 0 Å². The number of benzene rings is 4. The Morgan fingerprint density at radius 2 is 1.18 bits per heavy atom. The van der Waals surface area contributed by atoms with Gasteiger partial charge in [-0.05, 0) is 0 Å². The average Bonchev–Trinajstić information content (AvgIpc) is 3.68. The van der Waals surface area contributed by atoms with Crippen LogP contribution in [-0.4, -0.2) is 5.43 Å². The van der Waals surface area contributed by atoms with Crippen molar-refractivity contribution in [3.8, 4) is 22.3 Å². The summed E-state index contributed by atoms with van der Waals surface area (Å²) in [4.78, 5) is 0. The van der Waals surface area contributed by atoms with Crippen molar-refractivity contribution in [3.63, 3.8) is 0 Å². The van der Waals surface area contributed by atoms with Crippen LogP contribution in [0.25, 0.3) is 34.4 Å². The molecule has 0 aromatic heterocycles. The van der Waals surface area contributed by atoms with E-state index in [1.807, 2.05) is 5.57 Å². The van der Waals surface area contributed by atoms with E-state index in [1.54, 1.807) is 16.7 Å². The number of allylic oxidation sites excluding steroid dienone is 2. The minimum absolute atomic E-state index is 0. The topological polar surface area (TPSA) is 0 Å². The fourth-order valence-corrected chi connectivity index (χ4v) is 28.1. The van der Waals surface area contributed by atoms with Gasteiger partial charge in [0.15, 0.2) is 0 Å². The molecule has 3 aliphatic carbocycles. The van der Waals surface area contributed by atoms with Crippen LogP contribution < -0.4 is 24.8 Å². The first-order valence-electron chi connectivity index (χ1n) is 15.7. The Morgan fingerprint density at radius 1 is 0.636 bits per heavy atom. The van der Waals surface area contributed by atoms with Crippen LogP contribution in [0.4, 0.5) is 0 Å². The number of rotatable bonds is 5. The summed E-state index contributed by atoms with van der Waals surface area (Å²) in [7, 11) is 0. The van der Waals surface area contributed by atoms with Crippen molar-refractivity contribution in [2.75, 3.05) is 0 Å². The average molecular weight is 713 g/mol. The number of halogens is 2. The third-order valence-electron chi connectivity index (χ3n) is 9.77. The summed E-state index contributed by atoms with van der Waals surface area (Å²) in [5.41, 5.74) is 16.4. The first kappa shape index (κ1) is 33.4. The van der Waals surface area contributed by atoms with Gasteiger partial charge in [0.1, 0.15) is 0 Å². The molecule has 4 heteroatoms. The molecule has 4 aromatic carbocycles. The molecule has 2 unspecified atom stereocenters. The summed E-state index contributed by atoms with van der Waals surface area (Å²) >= 11 is -2.11. The van der Waals surface area contributed by atoms with E-state index in [0.717, 1.165) is 5.92 Å². The van der Waals surface area contributed by atoms with Gasteiger partial charge in [-0.25, -0.2) is 0 Å². The van der Waals surface area contributed by atoms with E-state index in [2.05, 4.69) is 144 Å². The SMILES string of the molecule is CC1=Cc2c(-c3ccccc3)cccc2[CH]1[Zr+2]([CH]1C(C2CC2)=Cc2c(-c3ccc(C(C)(C)C)cc3)cccc21)=[Si](C)C.[Cl-].[Cl-]. The fraction of sp³-hybridized carbons (Fsp3) is 0.300. The molecule has 1 fully saturated rings. The Bertz CT molecular complexity index is 1780. The van der Waals surface area contributed by atoms with Gasteiger partial charge in [0, 0.05) is 0 Å². The molecule has 0 radical (unpaired) electrons. The van der Waals surface area contributed by atoms with Gasteiger partial charge < -0.3 is 24.8 Å². The predicted molar refractivity (Wildman–Crippen MR) is 180 cm³/mol. The first-order chi connectivity index (χ1) is 20.2. The predicted octanol–water partition coefficient (Wildman–Crippen LogP) is 5.20. The van der Waals surface area contributed by atoms with Crippen LogP contribution in [0.1, 0.15) is 75.6 Å². The molecule has 1 saturated carbocycles. The van der Waals surface area contributed by atoms with Crippen molar-refractivity contribution in [1.82, 2.24) is 0 Å². The van der Waals surface area contributed by atoms with Crippen LogP contribution >= 0.6 is 0 Å². The second kappa shape index (κ2) is 13.0. The minimum Gasteiger partial charge on any atom is -1.00 e. The van der Waals surface area contributed by atoms with Crippen LogP contribution in [-0.2, 0) is 25.8 Å². The quantitative estimate of drug-likeness (QED) is 0.250. The molecule has 44 heavy (non-hydrogen) atoms. The fourth-order valence-electron chi connectivity index (χ4n) is 7.52. The zero-order chi connectivity index (χ0) is 29.2. The van der Waals surface area contributed by atoms with Crippen molar-refractivity contribution < 1.29 is 45.2 Å². The Hall–Kier alpha value is -1.96. The Balaban J connectivity index is 0.00000192. The zero-order valence-corrected chi connectivity index (χ0v) is 31.7. The molecule has 7 rings (SSSR count). The van der Waals surface area contributed by atoms with Gasteiger partial charge in [0.2, 0.25) is 0 Å². The molecule has 0 bridgehead atoms. The van der Waals surface area contributed by atoms with Crippen molar-refractivity contribution in [2.45, 2.75) is 66.3 Å².